The van der Waals surface area contributed by atoms with Crippen LogP contribution >= 0.6 is 0 Å². The number of rotatable bonds is 6. The van der Waals surface area contributed by atoms with Gasteiger partial charge in [0.05, 0.1) is 28.8 Å². The Bertz CT molecular complexity index is 1660. The van der Waals surface area contributed by atoms with Crippen molar-refractivity contribution < 1.29 is 39.2 Å². The summed E-state index contributed by atoms with van der Waals surface area (Å²) in [6, 6.07) is 11.8. The third kappa shape index (κ3) is 7.26. The molecule has 10 heteroatoms. The molecule has 5 N–H and O–H groups in total. The molecule has 2 aliphatic carbocycles. The lowest BCUT2D eigenvalue weighted by molar-refractivity contribution is -0.117. The van der Waals surface area contributed by atoms with Crippen molar-refractivity contribution in [2.75, 3.05) is 19.8 Å². The summed E-state index contributed by atoms with van der Waals surface area (Å²) in [7, 11) is 0. The molecular formula is C39H50N2O8. The second kappa shape index (κ2) is 14.8. The van der Waals surface area contributed by atoms with Crippen LogP contribution in [0.4, 0.5) is 4.79 Å². The highest BCUT2D eigenvalue weighted by Gasteiger charge is 2.50. The molecule has 10 nitrogen and oxygen atoms in total. The lowest BCUT2D eigenvalue weighted by Gasteiger charge is -2.37. The van der Waals surface area contributed by atoms with E-state index in [1.807, 2.05) is 64.1 Å². The van der Waals surface area contributed by atoms with Gasteiger partial charge in [-0.25, -0.2) is 4.79 Å². The minimum Gasteiger partial charge on any atom is -0.509 e. The Kier molecular flexibility index (Phi) is 10.9. The number of amides is 2. The van der Waals surface area contributed by atoms with Crippen molar-refractivity contribution in [3.8, 4) is 0 Å². The predicted molar refractivity (Wildman–Crippen MR) is 186 cm³/mol. The Morgan fingerprint density at radius 2 is 1.20 bits per heavy atom. The summed E-state index contributed by atoms with van der Waals surface area (Å²) in [5, 5.41) is 35.6. The van der Waals surface area contributed by atoms with E-state index in [0.717, 1.165) is 59.1 Å². The second-order valence-electron chi connectivity index (χ2n) is 14.2. The van der Waals surface area contributed by atoms with Gasteiger partial charge >= 0.3 is 6.16 Å². The zero-order chi connectivity index (χ0) is 35.5. The summed E-state index contributed by atoms with van der Waals surface area (Å²) < 4.78 is 10.6. The number of hydrogen-bond donors (Lipinski definition) is 5. The molecule has 2 aliphatic heterocycles. The van der Waals surface area contributed by atoms with Crippen LogP contribution in [0.5, 0.6) is 0 Å². The van der Waals surface area contributed by atoms with Crippen LogP contribution in [0.15, 0.2) is 47.9 Å². The fourth-order valence-corrected chi connectivity index (χ4v) is 7.67. The topological polar surface area (TPSA) is 154 Å². The first-order valence-corrected chi connectivity index (χ1v) is 17.4. The number of aliphatic hydroxyl groups is 3. The highest BCUT2D eigenvalue weighted by Crippen LogP contribution is 2.46. The molecule has 264 valence electrons. The molecule has 2 aromatic rings. The number of carbonyl (C=O) groups is 3. The molecule has 4 aliphatic rings. The van der Waals surface area contributed by atoms with Crippen molar-refractivity contribution in [3.63, 3.8) is 0 Å². The quantitative estimate of drug-likeness (QED) is 0.239. The Morgan fingerprint density at radius 1 is 0.755 bits per heavy atom. The van der Waals surface area contributed by atoms with Gasteiger partial charge in [-0.1, -0.05) is 47.5 Å². The first-order chi connectivity index (χ1) is 23.4. The predicted octanol–water partition coefficient (Wildman–Crippen LogP) is 5.86. The zero-order valence-electron chi connectivity index (χ0n) is 29.3. The van der Waals surface area contributed by atoms with E-state index in [9.17, 15) is 29.7 Å². The van der Waals surface area contributed by atoms with Gasteiger partial charge in [-0.05, 0) is 120 Å². The Balaban J connectivity index is 0.000000195. The minimum absolute atomic E-state index is 0.131. The average molecular weight is 675 g/mol. The standard InChI is InChI=1S/C21H27NO5.C18H23NO3/c1-4-26-20(25)27-18-17(16-11-13(2)5-6-14(16)3)19(24)22-21(18)9-7-15(12-23)8-10-21;1-11-3-4-12(2)14(9-11)15-16(21)18(19-17(15)22)7-5-13(10-20)6-8-18/h5-6,11,15,23H,4,7-10,12H2,1-3H3,(H,22,24);3-4,9,13,20-21H,5-8,10H2,1-2H3,(H,19,22). The van der Waals surface area contributed by atoms with E-state index >= 15 is 0 Å². The fraction of sp³-hybridized carbons (Fsp3) is 0.513. The zero-order valence-corrected chi connectivity index (χ0v) is 29.3. The highest BCUT2D eigenvalue weighted by molar-refractivity contribution is 6.24. The Labute approximate surface area is 288 Å². The van der Waals surface area contributed by atoms with Crippen LogP contribution < -0.4 is 10.6 Å². The molecule has 2 amide bonds. The van der Waals surface area contributed by atoms with Crippen molar-refractivity contribution in [3.05, 3.63) is 81.3 Å². The minimum atomic E-state index is -0.796. The molecule has 2 fully saturated rings. The van der Waals surface area contributed by atoms with Crippen molar-refractivity contribution in [2.24, 2.45) is 11.8 Å². The normalized spacial score (nSPS) is 26.4. The maximum atomic E-state index is 13.0. The smallest absolute Gasteiger partial charge is 0.509 e. The molecule has 2 heterocycles. The van der Waals surface area contributed by atoms with E-state index in [2.05, 4.69) is 10.6 Å². The molecular weight excluding hydrogens is 624 g/mol. The van der Waals surface area contributed by atoms with Crippen molar-refractivity contribution in [1.29, 1.82) is 0 Å². The van der Waals surface area contributed by atoms with Crippen LogP contribution in [0.2, 0.25) is 0 Å². The van der Waals surface area contributed by atoms with Crippen molar-refractivity contribution >= 4 is 29.1 Å². The van der Waals surface area contributed by atoms with Crippen molar-refractivity contribution in [1.82, 2.24) is 10.6 Å². The molecule has 49 heavy (non-hydrogen) atoms. The largest absolute Gasteiger partial charge is 0.513 e. The summed E-state index contributed by atoms with van der Waals surface area (Å²) in [6.45, 7) is 10.1. The lowest BCUT2D eigenvalue weighted by atomic mass is 9.75. The van der Waals surface area contributed by atoms with Crippen LogP contribution in [-0.2, 0) is 19.1 Å². The van der Waals surface area contributed by atoms with Gasteiger partial charge in [0.25, 0.3) is 11.8 Å². The van der Waals surface area contributed by atoms with E-state index in [-0.39, 0.29) is 49.2 Å². The summed E-state index contributed by atoms with van der Waals surface area (Å²) in [6.07, 6.45) is 4.96. The number of ether oxygens (including phenoxy) is 2. The molecule has 0 bridgehead atoms. The van der Waals surface area contributed by atoms with Crippen LogP contribution in [0.25, 0.3) is 11.1 Å². The molecule has 0 saturated heterocycles. The lowest BCUT2D eigenvalue weighted by Crippen LogP contribution is -2.48. The van der Waals surface area contributed by atoms with Gasteiger partial charge in [-0.2, -0.15) is 0 Å². The first-order valence-electron chi connectivity index (χ1n) is 17.4. The third-order valence-electron chi connectivity index (χ3n) is 10.7. The molecule has 0 atom stereocenters. The van der Waals surface area contributed by atoms with Gasteiger partial charge in [-0.15, -0.1) is 0 Å². The van der Waals surface area contributed by atoms with E-state index in [0.29, 0.717) is 42.6 Å². The van der Waals surface area contributed by atoms with Gasteiger partial charge in [0.15, 0.2) is 0 Å². The second-order valence-corrected chi connectivity index (χ2v) is 14.2. The third-order valence-corrected chi connectivity index (χ3v) is 10.7. The van der Waals surface area contributed by atoms with E-state index in [4.69, 9.17) is 9.47 Å². The summed E-state index contributed by atoms with van der Waals surface area (Å²) >= 11 is 0. The summed E-state index contributed by atoms with van der Waals surface area (Å²) in [4.78, 5) is 37.6. The monoisotopic (exact) mass is 674 g/mol. The molecule has 2 spiro atoms. The first kappa shape index (κ1) is 36.1. The van der Waals surface area contributed by atoms with Gasteiger partial charge < -0.3 is 35.4 Å². The van der Waals surface area contributed by atoms with Crippen molar-refractivity contribution in [2.45, 2.75) is 97.1 Å². The Morgan fingerprint density at radius 3 is 1.69 bits per heavy atom. The van der Waals surface area contributed by atoms with Crippen LogP contribution in [0.1, 0.15) is 91.7 Å². The fourth-order valence-electron chi connectivity index (χ4n) is 7.67. The van der Waals surface area contributed by atoms with E-state index < -0.39 is 17.2 Å². The number of nitrogens with one attached hydrogen (secondary N) is 2. The Hall–Kier alpha value is -4.15. The number of aryl methyl sites for hydroxylation is 4. The van der Waals surface area contributed by atoms with E-state index in [1.54, 1.807) is 6.92 Å². The van der Waals surface area contributed by atoms with Crippen LogP contribution in [-0.4, -0.2) is 64.2 Å². The maximum Gasteiger partial charge on any atom is 0.513 e. The molecule has 6 rings (SSSR count). The van der Waals surface area contributed by atoms with Gasteiger partial charge in [-0.3, -0.25) is 9.59 Å². The summed E-state index contributed by atoms with van der Waals surface area (Å²) in [5.41, 5.74) is 5.09. The molecule has 2 aromatic carbocycles. The maximum absolute atomic E-state index is 13.0. The molecule has 0 radical (unpaired) electrons. The summed E-state index contributed by atoms with van der Waals surface area (Å²) in [5.74, 6) is 0.610. The van der Waals surface area contributed by atoms with Gasteiger partial charge in [0, 0.05) is 13.2 Å². The number of carbonyl (C=O) groups excluding carboxylic acids is 3. The number of benzene rings is 2. The van der Waals surface area contributed by atoms with Crippen LogP contribution in [0.3, 0.4) is 0 Å². The molecule has 0 unspecified atom stereocenters. The van der Waals surface area contributed by atoms with Gasteiger partial charge in [0.2, 0.25) is 0 Å². The number of aliphatic hydroxyl groups excluding tert-OH is 3. The average Bonchev–Trinajstić information content (AvgIpc) is 3.47. The van der Waals surface area contributed by atoms with E-state index in [1.165, 1.54) is 0 Å². The van der Waals surface area contributed by atoms with Crippen LogP contribution in [0, 0.1) is 39.5 Å². The number of hydrogen-bond acceptors (Lipinski definition) is 8. The highest BCUT2D eigenvalue weighted by atomic mass is 16.7. The SMILES string of the molecule is CCOC(=O)OC1=C(c2cc(C)ccc2C)C(=O)NC12CCC(CO)CC2.Cc1ccc(C)c(C2=C(O)C3(CCC(CO)CC3)NC2=O)c1. The molecule has 0 aromatic heterocycles. The van der Waals surface area contributed by atoms with Gasteiger partial charge in [0.1, 0.15) is 11.5 Å². The molecule has 2 saturated carbocycles.